The number of benzene rings is 1. The van der Waals surface area contributed by atoms with Crippen LogP contribution >= 0.6 is 0 Å². The van der Waals surface area contributed by atoms with Crippen LogP contribution < -0.4 is 15.1 Å². The molecule has 8 heteroatoms. The first-order valence-corrected chi connectivity index (χ1v) is 8.19. The largest absolute Gasteiger partial charge is 0.442 e. The molecule has 0 unspecified atom stereocenters. The van der Waals surface area contributed by atoms with Crippen LogP contribution in [0.2, 0.25) is 0 Å². The van der Waals surface area contributed by atoms with Crippen LogP contribution in [-0.4, -0.2) is 42.9 Å². The Balaban J connectivity index is 1.44. The Labute approximate surface area is 143 Å². The fraction of sp³-hybridized carbons (Fsp3) is 0.353. The summed E-state index contributed by atoms with van der Waals surface area (Å²) in [5, 5.41) is 6.92. The summed E-state index contributed by atoms with van der Waals surface area (Å²) in [6, 6.07) is 5.47. The summed E-state index contributed by atoms with van der Waals surface area (Å²) in [5.41, 5.74) is 3.93. The SMILES string of the molecule is CN1C(=O)Cc2c1ccc1c2C[C@H]2[C@H](CNc3ccon3)OC(=O)N12. The molecular weight excluding hydrogens is 324 g/mol. The van der Waals surface area contributed by atoms with Gasteiger partial charge in [0.2, 0.25) is 5.91 Å². The third-order valence-corrected chi connectivity index (χ3v) is 5.25. The van der Waals surface area contributed by atoms with Crippen molar-refractivity contribution in [1.82, 2.24) is 5.16 Å². The lowest BCUT2D eigenvalue weighted by Crippen LogP contribution is -2.36. The topological polar surface area (TPSA) is 87.9 Å². The van der Waals surface area contributed by atoms with Crippen molar-refractivity contribution in [3.63, 3.8) is 0 Å². The van der Waals surface area contributed by atoms with Crippen molar-refractivity contribution < 1.29 is 18.8 Å². The van der Waals surface area contributed by atoms with Gasteiger partial charge in [-0.15, -0.1) is 0 Å². The molecular formula is C17H16N4O4. The molecule has 0 saturated carbocycles. The molecule has 0 bridgehead atoms. The highest BCUT2D eigenvalue weighted by molar-refractivity contribution is 6.04. The molecule has 8 nitrogen and oxygen atoms in total. The van der Waals surface area contributed by atoms with Gasteiger partial charge in [-0.1, -0.05) is 5.16 Å². The lowest BCUT2D eigenvalue weighted by molar-refractivity contribution is -0.117. The minimum atomic E-state index is -0.340. The molecule has 2 aromatic rings. The summed E-state index contributed by atoms with van der Waals surface area (Å²) >= 11 is 0. The molecule has 2 atom stereocenters. The first kappa shape index (κ1) is 14.3. The van der Waals surface area contributed by atoms with E-state index in [1.54, 1.807) is 22.9 Å². The Morgan fingerprint density at radius 3 is 2.88 bits per heavy atom. The molecule has 0 aliphatic carbocycles. The number of nitrogens with one attached hydrogen (secondary N) is 1. The average Bonchev–Trinajstić information content (AvgIpc) is 3.33. The maximum Gasteiger partial charge on any atom is 0.415 e. The van der Waals surface area contributed by atoms with E-state index in [1.165, 1.54) is 6.26 Å². The van der Waals surface area contributed by atoms with Crippen molar-refractivity contribution in [2.75, 3.05) is 28.7 Å². The quantitative estimate of drug-likeness (QED) is 0.912. The predicted octanol–water partition coefficient (Wildman–Crippen LogP) is 1.56. The molecule has 1 aromatic carbocycles. The van der Waals surface area contributed by atoms with Crippen molar-refractivity contribution in [1.29, 1.82) is 0 Å². The Hall–Kier alpha value is -3.03. The maximum absolute atomic E-state index is 12.4. The monoisotopic (exact) mass is 340 g/mol. The first-order valence-electron chi connectivity index (χ1n) is 8.19. The van der Waals surface area contributed by atoms with Crippen LogP contribution in [0.5, 0.6) is 0 Å². The number of amides is 2. The van der Waals surface area contributed by atoms with Crippen LogP contribution in [0, 0.1) is 0 Å². The number of rotatable bonds is 3. The highest BCUT2D eigenvalue weighted by Crippen LogP contribution is 2.45. The zero-order valence-corrected chi connectivity index (χ0v) is 13.6. The standard InChI is InChI=1S/C17H16N4O4/c1-20-11-2-3-12-9(10(11)7-16(20)22)6-13-14(25-17(23)21(12)13)8-18-15-4-5-24-19-15/h2-5,13-14H,6-8H2,1H3,(H,18,19)/t13-,14-/m0/s1. The minimum absolute atomic E-state index is 0.0746. The van der Waals surface area contributed by atoms with E-state index < -0.39 is 0 Å². The highest BCUT2D eigenvalue weighted by Gasteiger charge is 2.49. The number of hydrogen-bond acceptors (Lipinski definition) is 6. The molecule has 5 rings (SSSR count). The second-order valence-corrected chi connectivity index (χ2v) is 6.52. The molecule has 0 spiro atoms. The number of carbonyl (C=O) groups excluding carboxylic acids is 2. The number of ether oxygens (including phenoxy) is 1. The van der Waals surface area contributed by atoms with E-state index in [-0.39, 0.29) is 24.1 Å². The summed E-state index contributed by atoms with van der Waals surface area (Å²) in [4.78, 5) is 27.8. The third-order valence-electron chi connectivity index (χ3n) is 5.25. The minimum Gasteiger partial charge on any atom is -0.442 e. The van der Waals surface area contributed by atoms with Crippen molar-refractivity contribution in [3.05, 3.63) is 35.6 Å². The van der Waals surface area contributed by atoms with E-state index in [9.17, 15) is 9.59 Å². The number of likely N-dealkylation sites (N-methyl/N-ethyl adjacent to an activating group) is 1. The van der Waals surface area contributed by atoms with E-state index in [2.05, 4.69) is 10.5 Å². The van der Waals surface area contributed by atoms with Gasteiger partial charge in [0.15, 0.2) is 5.82 Å². The van der Waals surface area contributed by atoms with E-state index in [4.69, 9.17) is 9.26 Å². The Morgan fingerprint density at radius 2 is 2.08 bits per heavy atom. The average molecular weight is 340 g/mol. The molecule has 1 saturated heterocycles. The lowest BCUT2D eigenvalue weighted by atomic mass is 9.99. The zero-order chi connectivity index (χ0) is 17.1. The van der Waals surface area contributed by atoms with E-state index in [0.717, 1.165) is 22.5 Å². The molecule has 3 aliphatic rings. The van der Waals surface area contributed by atoms with E-state index in [1.807, 2.05) is 12.1 Å². The Morgan fingerprint density at radius 1 is 1.24 bits per heavy atom. The number of anilines is 3. The third kappa shape index (κ3) is 1.97. The van der Waals surface area contributed by atoms with Gasteiger partial charge in [0.25, 0.3) is 0 Å². The summed E-state index contributed by atoms with van der Waals surface area (Å²) in [5.74, 6) is 0.695. The molecule has 0 radical (unpaired) electrons. The van der Waals surface area contributed by atoms with Crippen molar-refractivity contribution in [2.45, 2.75) is 25.0 Å². The number of nitrogens with zero attached hydrogens (tertiary/aromatic N) is 3. The van der Waals surface area contributed by atoms with Gasteiger partial charge < -0.3 is 19.5 Å². The van der Waals surface area contributed by atoms with E-state index in [0.29, 0.717) is 25.2 Å². The van der Waals surface area contributed by atoms with Crippen molar-refractivity contribution in [3.8, 4) is 0 Å². The van der Waals surface area contributed by atoms with Gasteiger partial charge in [-0.25, -0.2) is 4.79 Å². The van der Waals surface area contributed by atoms with Crippen LogP contribution in [0.3, 0.4) is 0 Å². The van der Waals surface area contributed by atoms with Crippen LogP contribution in [0.25, 0.3) is 0 Å². The van der Waals surface area contributed by atoms with Gasteiger partial charge in [-0.3, -0.25) is 9.69 Å². The first-order chi connectivity index (χ1) is 12.1. The molecule has 1 aromatic heterocycles. The summed E-state index contributed by atoms with van der Waals surface area (Å²) in [6.45, 7) is 0.453. The van der Waals surface area contributed by atoms with Crippen LogP contribution in [0.1, 0.15) is 11.1 Å². The summed E-state index contributed by atoms with van der Waals surface area (Å²) in [6.07, 6.45) is 1.94. The molecule has 1 fully saturated rings. The highest BCUT2D eigenvalue weighted by atomic mass is 16.6. The van der Waals surface area contributed by atoms with Crippen molar-refractivity contribution in [2.24, 2.45) is 0 Å². The zero-order valence-electron chi connectivity index (χ0n) is 13.6. The maximum atomic E-state index is 12.4. The van der Waals surface area contributed by atoms with Crippen molar-refractivity contribution >= 4 is 29.2 Å². The molecule has 1 N–H and O–H groups in total. The van der Waals surface area contributed by atoms with Gasteiger partial charge in [-0.05, 0) is 29.7 Å². The second-order valence-electron chi connectivity index (χ2n) is 6.52. The van der Waals surface area contributed by atoms with Crippen LogP contribution in [-0.2, 0) is 22.4 Å². The Kier molecular flexibility index (Phi) is 2.85. The second kappa shape index (κ2) is 4.98. The number of cyclic esters (lactones) is 1. The Bertz CT molecular complexity index is 879. The fourth-order valence-electron chi connectivity index (χ4n) is 4.00. The number of carbonyl (C=O) groups is 2. The number of fused-ring (bicyclic) bond motifs is 5. The van der Waals surface area contributed by atoms with Crippen LogP contribution in [0.4, 0.5) is 22.0 Å². The molecule has 25 heavy (non-hydrogen) atoms. The van der Waals surface area contributed by atoms with Crippen LogP contribution in [0.15, 0.2) is 29.0 Å². The lowest BCUT2D eigenvalue weighted by Gasteiger charge is -2.16. The van der Waals surface area contributed by atoms with Gasteiger partial charge in [-0.2, -0.15) is 0 Å². The molecule has 2 amide bonds. The fourth-order valence-corrected chi connectivity index (χ4v) is 4.00. The smallest absolute Gasteiger partial charge is 0.415 e. The van der Waals surface area contributed by atoms with Gasteiger partial charge in [0, 0.05) is 18.8 Å². The van der Waals surface area contributed by atoms with Gasteiger partial charge in [0.05, 0.1) is 24.7 Å². The van der Waals surface area contributed by atoms with Gasteiger partial charge in [0.1, 0.15) is 12.4 Å². The summed E-state index contributed by atoms with van der Waals surface area (Å²) < 4.78 is 10.3. The summed E-state index contributed by atoms with van der Waals surface area (Å²) in [7, 11) is 1.79. The number of aromatic nitrogens is 1. The predicted molar refractivity (Wildman–Crippen MR) is 88.8 cm³/mol. The molecule has 4 heterocycles. The normalized spacial score (nSPS) is 23.6. The number of hydrogen-bond donors (Lipinski definition) is 1. The molecule has 3 aliphatic heterocycles. The van der Waals surface area contributed by atoms with Gasteiger partial charge >= 0.3 is 6.09 Å². The van der Waals surface area contributed by atoms with E-state index >= 15 is 0 Å². The molecule has 128 valence electrons.